The van der Waals surface area contributed by atoms with E-state index < -0.39 is 0 Å². The second kappa shape index (κ2) is 8.97. The Kier molecular flexibility index (Phi) is 8.01. The Morgan fingerprint density at radius 2 is 1.79 bits per heavy atom. The molecule has 2 atom stereocenters. The van der Waals surface area contributed by atoms with Gasteiger partial charge in [-0.2, -0.15) is 0 Å². The molecule has 0 aromatic rings. The van der Waals surface area contributed by atoms with Crippen LogP contribution in [0.1, 0.15) is 66.7 Å². The van der Waals surface area contributed by atoms with Gasteiger partial charge in [-0.15, -0.1) is 0 Å². The highest BCUT2D eigenvalue weighted by molar-refractivity contribution is 4.81. The van der Waals surface area contributed by atoms with E-state index in [0.29, 0.717) is 6.04 Å². The van der Waals surface area contributed by atoms with Crippen LogP contribution in [0.5, 0.6) is 0 Å². The van der Waals surface area contributed by atoms with Crippen molar-refractivity contribution in [3.05, 3.63) is 0 Å². The Balaban J connectivity index is 1.99. The van der Waals surface area contributed by atoms with E-state index >= 15 is 0 Å². The first kappa shape index (κ1) is 17.0. The van der Waals surface area contributed by atoms with Crippen molar-refractivity contribution in [2.24, 2.45) is 11.8 Å². The third-order valence-corrected chi connectivity index (χ3v) is 4.61. The predicted octanol–water partition coefficient (Wildman–Crippen LogP) is 3.91. The molecule has 1 aliphatic heterocycles. The third kappa shape index (κ3) is 7.31. The summed E-state index contributed by atoms with van der Waals surface area (Å²) in [7, 11) is 0. The van der Waals surface area contributed by atoms with Gasteiger partial charge in [0, 0.05) is 18.6 Å². The van der Waals surface area contributed by atoms with Crippen LogP contribution in [0.3, 0.4) is 0 Å². The maximum atomic E-state index is 3.66. The molecular weight excluding hydrogens is 232 g/mol. The second-order valence-electron chi connectivity index (χ2n) is 7.18. The summed E-state index contributed by atoms with van der Waals surface area (Å²) in [6, 6.07) is 1.36. The largest absolute Gasteiger partial charge is 0.310 e. The summed E-state index contributed by atoms with van der Waals surface area (Å²) < 4.78 is 0. The fourth-order valence-corrected chi connectivity index (χ4v) is 2.96. The van der Waals surface area contributed by atoms with Crippen molar-refractivity contribution < 1.29 is 0 Å². The van der Waals surface area contributed by atoms with Crippen LogP contribution < -0.4 is 5.32 Å². The van der Waals surface area contributed by atoms with Gasteiger partial charge in [-0.05, 0) is 37.8 Å². The molecule has 2 heteroatoms. The molecule has 0 radical (unpaired) electrons. The lowest BCUT2D eigenvalue weighted by Crippen LogP contribution is -2.37. The molecule has 0 unspecified atom stereocenters. The zero-order valence-corrected chi connectivity index (χ0v) is 13.9. The van der Waals surface area contributed by atoms with Crippen molar-refractivity contribution in [3.63, 3.8) is 0 Å². The maximum Gasteiger partial charge on any atom is 0.0209 e. The van der Waals surface area contributed by atoms with E-state index in [9.17, 15) is 0 Å². The van der Waals surface area contributed by atoms with Crippen LogP contribution in [0.2, 0.25) is 0 Å². The summed E-state index contributed by atoms with van der Waals surface area (Å²) in [5, 5.41) is 3.66. The minimum Gasteiger partial charge on any atom is -0.310 e. The van der Waals surface area contributed by atoms with E-state index in [1.165, 1.54) is 51.7 Å². The van der Waals surface area contributed by atoms with Crippen molar-refractivity contribution in [2.75, 3.05) is 19.6 Å². The highest BCUT2D eigenvalue weighted by atomic mass is 15.2. The Morgan fingerprint density at radius 1 is 1.05 bits per heavy atom. The quantitative estimate of drug-likeness (QED) is 0.638. The van der Waals surface area contributed by atoms with Gasteiger partial charge in [-0.1, -0.05) is 53.9 Å². The van der Waals surface area contributed by atoms with Gasteiger partial charge >= 0.3 is 0 Å². The van der Waals surface area contributed by atoms with E-state index in [4.69, 9.17) is 0 Å². The summed E-state index contributed by atoms with van der Waals surface area (Å²) in [5.74, 6) is 1.74. The minimum absolute atomic E-state index is 0.627. The van der Waals surface area contributed by atoms with E-state index in [-0.39, 0.29) is 0 Å². The number of hydrogen-bond donors (Lipinski definition) is 1. The van der Waals surface area contributed by atoms with E-state index in [2.05, 4.69) is 44.8 Å². The van der Waals surface area contributed by atoms with Crippen LogP contribution in [0.25, 0.3) is 0 Å². The standard InChI is InChI=1S/C17H36N2/c1-14(2)16(5)9-7-6-8-11-19-12-10-17(13-19)18-15(3)4/h14-18H,6-13H2,1-5H3/t16-,17-/m1/s1. The van der Waals surface area contributed by atoms with Gasteiger partial charge < -0.3 is 10.2 Å². The average Bonchev–Trinajstić information content (AvgIpc) is 2.75. The molecule has 0 saturated carbocycles. The third-order valence-electron chi connectivity index (χ3n) is 4.61. The molecule has 1 fully saturated rings. The summed E-state index contributed by atoms with van der Waals surface area (Å²) >= 11 is 0. The summed E-state index contributed by atoms with van der Waals surface area (Å²) in [6.45, 7) is 15.5. The lowest BCUT2D eigenvalue weighted by atomic mass is 9.92. The highest BCUT2D eigenvalue weighted by Crippen LogP contribution is 2.18. The average molecular weight is 268 g/mol. The number of nitrogens with zero attached hydrogens (tertiary/aromatic N) is 1. The SMILES string of the molecule is CC(C)N[C@@H]1CCN(CCCCC[C@@H](C)C(C)C)C1. The molecule has 2 nitrogen and oxygen atoms in total. The fourth-order valence-electron chi connectivity index (χ4n) is 2.96. The minimum atomic E-state index is 0.627. The molecule has 1 aliphatic rings. The van der Waals surface area contributed by atoms with Gasteiger partial charge in [0.25, 0.3) is 0 Å². The smallest absolute Gasteiger partial charge is 0.0209 e. The second-order valence-corrected chi connectivity index (χ2v) is 7.18. The predicted molar refractivity (Wildman–Crippen MR) is 85.6 cm³/mol. The van der Waals surface area contributed by atoms with Crippen LogP contribution >= 0.6 is 0 Å². The fraction of sp³-hybridized carbons (Fsp3) is 1.00. The maximum absolute atomic E-state index is 3.66. The van der Waals surface area contributed by atoms with E-state index in [1.54, 1.807) is 0 Å². The Bertz CT molecular complexity index is 225. The van der Waals surface area contributed by atoms with Crippen LogP contribution in [0.15, 0.2) is 0 Å². The molecule has 0 aromatic heterocycles. The normalized spacial score (nSPS) is 22.6. The van der Waals surface area contributed by atoms with Crippen LogP contribution in [-0.2, 0) is 0 Å². The molecule has 0 bridgehead atoms. The van der Waals surface area contributed by atoms with Gasteiger partial charge in [-0.25, -0.2) is 0 Å². The number of unbranched alkanes of at least 4 members (excludes halogenated alkanes) is 2. The molecule has 1 saturated heterocycles. The van der Waals surface area contributed by atoms with Gasteiger partial charge in [0.2, 0.25) is 0 Å². The number of rotatable bonds is 9. The zero-order valence-electron chi connectivity index (χ0n) is 13.9. The summed E-state index contributed by atoms with van der Waals surface area (Å²) in [5.41, 5.74) is 0. The van der Waals surface area contributed by atoms with E-state index in [1.807, 2.05) is 0 Å². The molecule has 0 spiro atoms. The van der Waals surface area contributed by atoms with Crippen LogP contribution in [0.4, 0.5) is 0 Å². The van der Waals surface area contributed by atoms with Crippen LogP contribution in [0, 0.1) is 11.8 Å². The molecule has 1 rings (SSSR count). The molecule has 0 amide bonds. The monoisotopic (exact) mass is 268 g/mol. The first-order chi connectivity index (χ1) is 8.99. The molecule has 1 heterocycles. The molecule has 1 N–H and O–H groups in total. The Hall–Kier alpha value is -0.0800. The van der Waals surface area contributed by atoms with Crippen molar-refractivity contribution in [1.29, 1.82) is 0 Å². The summed E-state index contributed by atoms with van der Waals surface area (Å²) in [4.78, 5) is 2.64. The van der Waals surface area contributed by atoms with Gasteiger partial charge in [0.15, 0.2) is 0 Å². The molecule has 114 valence electrons. The first-order valence-electron chi connectivity index (χ1n) is 8.47. The van der Waals surface area contributed by atoms with Crippen molar-refractivity contribution in [1.82, 2.24) is 10.2 Å². The van der Waals surface area contributed by atoms with Crippen molar-refractivity contribution in [2.45, 2.75) is 78.8 Å². The van der Waals surface area contributed by atoms with Gasteiger partial charge in [-0.3, -0.25) is 0 Å². The number of likely N-dealkylation sites (tertiary alicyclic amines) is 1. The van der Waals surface area contributed by atoms with Crippen molar-refractivity contribution >= 4 is 0 Å². The Labute approximate surface area is 121 Å². The lowest BCUT2D eigenvalue weighted by Gasteiger charge is -2.18. The topological polar surface area (TPSA) is 15.3 Å². The van der Waals surface area contributed by atoms with Gasteiger partial charge in [0.1, 0.15) is 0 Å². The molecule has 0 aromatic carbocycles. The molecule has 0 aliphatic carbocycles. The van der Waals surface area contributed by atoms with Gasteiger partial charge in [0.05, 0.1) is 0 Å². The van der Waals surface area contributed by atoms with Crippen LogP contribution in [-0.4, -0.2) is 36.6 Å². The lowest BCUT2D eigenvalue weighted by molar-refractivity contribution is 0.309. The Morgan fingerprint density at radius 3 is 2.42 bits per heavy atom. The van der Waals surface area contributed by atoms with E-state index in [0.717, 1.165) is 17.9 Å². The summed E-state index contributed by atoms with van der Waals surface area (Å²) in [6.07, 6.45) is 6.97. The number of hydrogen-bond acceptors (Lipinski definition) is 2. The molecule has 19 heavy (non-hydrogen) atoms. The highest BCUT2D eigenvalue weighted by Gasteiger charge is 2.21. The first-order valence-corrected chi connectivity index (χ1v) is 8.47. The van der Waals surface area contributed by atoms with Crippen molar-refractivity contribution in [3.8, 4) is 0 Å². The molecular formula is C17H36N2. The zero-order chi connectivity index (χ0) is 14.3. The number of nitrogens with one attached hydrogen (secondary N) is 1.